The lowest BCUT2D eigenvalue weighted by molar-refractivity contribution is -0.0593. The summed E-state index contributed by atoms with van der Waals surface area (Å²) >= 11 is 2.30. The Morgan fingerprint density at radius 3 is 2.45 bits per heavy atom. The van der Waals surface area contributed by atoms with Crippen molar-refractivity contribution in [3.05, 3.63) is 89.1 Å². The molecule has 4 heteroatoms. The predicted molar refractivity (Wildman–Crippen MR) is 217 cm³/mol. The maximum absolute atomic E-state index is 3.30. The summed E-state index contributed by atoms with van der Waals surface area (Å²) in [6.45, 7) is 18.7. The molecule has 5 aliphatic carbocycles. The van der Waals surface area contributed by atoms with Gasteiger partial charge in [0.05, 0.1) is 0 Å². The molecule has 4 aliphatic heterocycles. The van der Waals surface area contributed by atoms with Crippen molar-refractivity contribution in [2.75, 3.05) is 0 Å². The second kappa shape index (κ2) is 11.9. The zero-order chi connectivity index (χ0) is 35.0. The van der Waals surface area contributed by atoms with Crippen molar-refractivity contribution in [3.8, 4) is 0 Å². The molecular formula is C47H63BN2S. The Morgan fingerprint density at radius 1 is 0.922 bits per heavy atom. The smallest absolute Gasteiger partial charge is 0.174 e. The Bertz CT molecular complexity index is 1730. The summed E-state index contributed by atoms with van der Waals surface area (Å²) in [6.07, 6.45) is 31.8. The third-order valence-corrected chi connectivity index (χ3v) is 18.0. The van der Waals surface area contributed by atoms with Crippen LogP contribution in [0.15, 0.2) is 88.4 Å². The molecule has 1 spiro atoms. The molecule has 0 aromatic heterocycles. The number of rotatable bonds is 2. The quantitative estimate of drug-likeness (QED) is 0.224. The topological polar surface area (TPSA) is 6.48 Å². The fourth-order valence-electron chi connectivity index (χ4n) is 14.7. The SMILES string of the molecule is CC1=CC(C2CC3C4B(C5C=C(C(C)(C)C)C=C6C5N(C4C2)C(C)(C)C62CCCCC2)C2Sc4ccccc4C2N3C2C=CC=CC2)CC(C)C1. The van der Waals surface area contributed by atoms with Crippen LogP contribution in [0.3, 0.4) is 0 Å². The molecule has 2 saturated carbocycles. The van der Waals surface area contributed by atoms with E-state index < -0.39 is 0 Å². The average molecular weight is 699 g/mol. The molecule has 0 amide bonds. The molecule has 2 nitrogen and oxygen atoms in total. The van der Waals surface area contributed by atoms with E-state index in [0.29, 0.717) is 59.1 Å². The van der Waals surface area contributed by atoms with Crippen molar-refractivity contribution < 1.29 is 0 Å². The summed E-state index contributed by atoms with van der Waals surface area (Å²) in [4.78, 5) is 8.06. The van der Waals surface area contributed by atoms with E-state index in [1.54, 1.807) is 21.6 Å². The molecule has 11 atom stereocenters. The van der Waals surface area contributed by atoms with Gasteiger partial charge in [-0.1, -0.05) is 113 Å². The van der Waals surface area contributed by atoms with Gasteiger partial charge in [-0.05, 0) is 123 Å². The Morgan fingerprint density at radius 2 is 1.71 bits per heavy atom. The van der Waals surface area contributed by atoms with Crippen molar-refractivity contribution in [3.63, 3.8) is 0 Å². The van der Waals surface area contributed by atoms with E-state index in [0.717, 1.165) is 24.2 Å². The third kappa shape index (κ3) is 4.83. The minimum absolute atomic E-state index is 0.159. The molecule has 1 aromatic carbocycles. The largest absolute Gasteiger partial charge is 0.288 e. The van der Waals surface area contributed by atoms with Crippen molar-refractivity contribution in [1.29, 1.82) is 0 Å². The molecule has 10 rings (SSSR count). The van der Waals surface area contributed by atoms with Crippen LogP contribution < -0.4 is 0 Å². The van der Waals surface area contributed by atoms with Crippen LogP contribution >= 0.6 is 11.8 Å². The summed E-state index contributed by atoms with van der Waals surface area (Å²) in [5.74, 6) is 3.58. The second-order valence-electron chi connectivity index (χ2n) is 20.5. The zero-order valence-electron chi connectivity index (χ0n) is 32.7. The van der Waals surface area contributed by atoms with Crippen LogP contribution in [0, 0.1) is 28.6 Å². The van der Waals surface area contributed by atoms with Gasteiger partial charge in [-0.2, -0.15) is 0 Å². The van der Waals surface area contributed by atoms with Gasteiger partial charge in [0.2, 0.25) is 0 Å². The third-order valence-electron chi connectivity index (χ3n) is 16.5. The molecule has 11 unspecified atom stereocenters. The summed E-state index contributed by atoms with van der Waals surface area (Å²) < 4.78 is 0. The second-order valence-corrected chi connectivity index (χ2v) is 21.7. The molecular weight excluding hydrogens is 635 g/mol. The van der Waals surface area contributed by atoms with Gasteiger partial charge in [-0.3, -0.25) is 9.80 Å². The van der Waals surface area contributed by atoms with Crippen LogP contribution in [0.2, 0.25) is 11.6 Å². The van der Waals surface area contributed by atoms with Crippen LogP contribution in [0.5, 0.6) is 0 Å². The standard InChI is InChI=1S/C47H63BN2S/c1-29-22-30(2)24-31(23-29)32-25-38-41-39(26-32)50-43-36(47(46(50,6)7)20-14-9-15-21-47)27-33(45(3,4)5)28-37(43)48(41)44-42(35-18-12-13-19-40(35)51-44)49(38)34-16-10-8-11-17-34/h8,10-13,16,18-19,23,27-28,30-32,34,37-39,41-44H,9,14-15,17,20-22,24-26H2,1-7H3. The number of hydrogen-bond acceptors (Lipinski definition) is 3. The first kappa shape index (κ1) is 33.8. The maximum Gasteiger partial charge on any atom is 0.174 e. The summed E-state index contributed by atoms with van der Waals surface area (Å²) in [6, 6.07) is 12.5. The Balaban J connectivity index is 1.20. The van der Waals surface area contributed by atoms with Crippen LogP contribution in [0.4, 0.5) is 0 Å². The highest BCUT2D eigenvalue weighted by molar-refractivity contribution is 8.01. The molecule has 4 heterocycles. The molecule has 0 radical (unpaired) electrons. The molecule has 51 heavy (non-hydrogen) atoms. The molecule has 270 valence electrons. The van der Waals surface area contributed by atoms with Crippen LogP contribution in [0.25, 0.3) is 0 Å². The molecule has 9 aliphatic rings. The number of fused-ring (bicyclic) bond motifs is 7. The fourth-order valence-corrected chi connectivity index (χ4v) is 16.4. The van der Waals surface area contributed by atoms with Crippen molar-refractivity contribution in [1.82, 2.24) is 9.80 Å². The normalized spacial score (nSPS) is 42.1. The van der Waals surface area contributed by atoms with Gasteiger partial charge in [-0.25, -0.2) is 0 Å². The number of allylic oxidation sites excluding steroid dienone is 6. The van der Waals surface area contributed by atoms with Crippen molar-refractivity contribution in [2.45, 2.75) is 170 Å². The Kier molecular flexibility index (Phi) is 7.87. The van der Waals surface area contributed by atoms with Gasteiger partial charge < -0.3 is 0 Å². The first-order chi connectivity index (χ1) is 24.5. The van der Waals surface area contributed by atoms with E-state index in [2.05, 4.69) is 137 Å². The number of thioether (sulfide) groups is 1. The lowest BCUT2D eigenvalue weighted by Gasteiger charge is -2.66. The summed E-state index contributed by atoms with van der Waals surface area (Å²) in [5, 5.41) is 0.605. The maximum atomic E-state index is 3.30. The minimum atomic E-state index is 0.159. The number of benzene rings is 1. The first-order valence-corrected chi connectivity index (χ1v) is 22.1. The van der Waals surface area contributed by atoms with E-state index in [1.807, 2.05) is 5.57 Å². The lowest BCUT2D eigenvalue weighted by atomic mass is 9.23. The van der Waals surface area contributed by atoms with Gasteiger partial charge in [-0.15, -0.1) is 11.8 Å². The average Bonchev–Trinajstić information content (AvgIpc) is 3.57. The lowest BCUT2D eigenvalue weighted by Crippen LogP contribution is -2.73. The Labute approximate surface area is 314 Å². The fraction of sp³-hybridized carbons (Fsp3) is 0.660. The predicted octanol–water partition coefficient (Wildman–Crippen LogP) is 11.7. The van der Waals surface area contributed by atoms with E-state index >= 15 is 0 Å². The summed E-state index contributed by atoms with van der Waals surface area (Å²) in [5.41, 5.74) is 7.44. The van der Waals surface area contributed by atoms with Gasteiger partial charge in [0, 0.05) is 51.2 Å². The zero-order valence-corrected chi connectivity index (χ0v) is 33.5. The Hall–Kier alpha value is -1.75. The molecule has 5 fully saturated rings. The van der Waals surface area contributed by atoms with E-state index in [-0.39, 0.29) is 11.0 Å². The highest BCUT2D eigenvalue weighted by atomic mass is 32.2. The van der Waals surface area contributed by atoms with Gasteiger partial charge in [0.15, 0.2) is 6.71 Å². The monoisotopic (exact) mass is 698 g/mol. The van der Waals surface area contributed by atoms with E-state index in [4.69, 9.17) is 0 Å². The minimum Gasteiger partial charge on any atom is -0.288 e. The molecule has 0 N–H and O–H groups in total. The van der Waals surface area contributed by atoms with Gasteiger partial charge in [0.1, 0.15) is 0 Å². The van der Waals surface area contributed by atoms with Crippen molar-refractivity contribution in [2.24, 2.45) is 28.6 Å². The van der Waals surface area contributed by atoms with Crippen LogP contribution in [0.1, 0.15) is 124 Å². The number of nitrogens with zero attached hydrogens (tertiary/aromatic N) is 2. The molecule has 1 aromatic rings. The highest BCUT2D eigenvalue weighted by Gasteiger charge is 2.73. The number of hydrogen-bond donors (Lipinski definition) is 0. The van der Waals surface area contributed by atoms with Crippen LogP contribution in [-0.4, -0.2) is 51.4 Å². The molecule has 0 bridgehead atoms. The van der Waals surface area contributed by atoms with E-state index in [9.17, 15) is 0 Å². The summed E-state index contributed by atoms with van der Waals surface area (Å²) in [7, 11) is 0. The van der Waals surface area contributed by atoms with Gasteiger partial charge in [0.25, 0.3) is 0 Å². The molecule has 3 saturated heterocycles. The van der Waals surface area contributed by atoms with Gasteiger partial charge >= 0.3 is 0 Å². The van der Waals surface area contributed by atoms with E-state index in [1.165, 1.54) is 57.8 Å². The van der Waals surface area contributed by atoms with Crippen LogP contribution in [-0.2, 0) is 0 Å². The highest BCUT2D eigenvalue weighted by Crippen LogP contribution is 2.72. The first-order valence-electron chi connectivity index (χ1n) is 21.2. The van der Waals surface area contributed by atoms with Crippen molar-refractivity contribution >= 4 is 18.5 Å².